The van der Waals surface area contributed by atoms with E-state index in [2.05, 4.69) is 5.32 Å². The quantitative estimate of drug-likeness (QED) is 0.850. The number of ether oxygens (including phenoxy) is 1. The summed E-state index contributed by atoms with van der Waals surface area (Å²) in [5, 5.41) is 3.78. The molecular weight excluding hydrogens is 288 g/mol. The van der Waals surface area contributed by atoms with Crippen LogP contribution < -0.4 is 10.1 Å². The molecule has 1 aromatic carbocycles. The van der Waals surface area contributed by atoms with Crippen molar-refractivity contribution in [1.82, 2.24) is 10.2 Å². The highest BCUT2D eigenvalue weighted by atomic mass is 35.5. The molecule has 0 saturated carbocycles. The lowest BCUT2D eigenvalue weighted by atomic mass is 10.1. The van der Waals surface area contributed by atoms with Crippen molar-refractivity contribution in [2.24, 2.45) is 5.92 Å². The van der Waals surface area contributed by atoms with Gasteiger partial charge in [0.05, 0.1) is 7.11 Å². The first-order valence-electron chi connectivity index (χ1n) is 7.09. The van der Waals surface area contributed by atoms with Gasteiger partial charge in [-0.3, -0.25) is 4.79 Å². The Bertz CT molecular complexity index is 531. The average molecular weight is 309 g/mol. The minimum absolute atomic E-state index is 0.0376. The second-order valence-corrected chi connectivity index (χ2v) is 5.65. The highest BCUT2D eigenvalue weighted by Crippen LogP contribution is 2.24. The number of benzene rings is 1. The fraction of sp³-hybridized carbons (Fsp3) is 0.438. The van der Waals surface area contributed by atoms with Crippen LogP contribution in [0.1, 0.15) is 12.0 Å². The summed E-state index contributed by atoms with van der Waals surface area (Å²) in [5.74, 6) is 1.29. The first kappa shape index (κ1) is 15.9. The number of carbonyl (C=O) groups is 1. The van der Waals surface area contributed by atoms with Gasteiger partial charge < -0.3 is 15.0 Å². The van der Waals surface area contributed by atoms with Crippen molar-refractivity contribution in [3.05, 3.63) is 34.9 Å². The number of likely N-dealkylation sites (tertiary alicyclic amines) is 1. The summed E-state index contributed by atoms with van der Waals surface area (Å²) < 4.78 is 5.26. The molecule has 1 amide bonds. The fourth-order valence-electron chi connectivity index (χ4n) is 2.59. The number of nitrogens with one attached hydrogen (secondary N) is 1. The third-order valence-corrected chi connectivity index (χ3v) is 3.92. The second-order valence-electron chi connectivity index (χ2n) is 5.22. The molecule has 1 aliphatic rings. The number of rotatable bonds is 5. The Morgan fingerprint density at radius 3 is 3.10 bits per heavy atom. The molecule has 114 valence electrons. The Balaban J connectivity index is 2.01. The second kappa shape index (κ2) is 7.48. The Morgan fingerprint density at radius 2 is 2.38 bits per heavy atom. The number of amides is 1. The molecule has 21 heavy (non-hydrogen) atoms. The molecule has 1 fully saturated rings. The van der Waals surface area contributed by atoms with Gasteiger partial charge in [-0.25, -0.2) is 0 Å². The third-order valence-electron chi connectivity index (χ3n) is 3.69. The van der Waals surface area contributed by atoms with Gasteiger partial charge in [-0.05, 0) is 50.2 Å². The lowest BCUT2D eigenvalue weighted by Gasteiger charge is -2.14. The minimum atomic E-state index is 0.0376. The van der Waals surface area contributed by atoms with E-state index in [0.29, 0.717) is 16.7 Å². The van der Waals surface area contributed by atoms with Crippen molar-refractivity contribution >= 4 is 23.6 Å². The van der Waals surface area contributed by atoms with Crippen molar-refractivity contribution in [3.63, 3.8) is 0 Å². The fourth-order valence-corrected chi connectivity index (χ4v) is 2.77. The Kier molecular flexibility index (Phi) is 5.65. The van der Waals surface area contributed by atoms with Crippen LogP contribution in [0, 0.1) is 5.92 Å². The molecule has 0 spiro atoms. The van der Waals surface area contributed by atoms with E-state index in [9.17, 15) is 4.79 Å². The SMILES string of the molecule is CNCC1CCN(C(=O)/C=C/c2cc(Cl)ccc2OC)C1. The van der Waals surface area contributed by atoms with Crippen LogP contribution in [-0.2, 0) is 4.79 Å². The molecule has 0 radical (unpaired) electrons. The number of hydrogen-bond acceptors (Lipinski definition) is 3. The van der Waals surface area contributed by atoms with Gasteiger partial charge in [0, 0.05) is 29.8 Å². The van der Waals surface area contributed by atoms with E-state index in [0.717, 1.165) is 31.6 Å². The zero-order valence-electron chi connectivity index (χ0n) is 12.4. The zero-order chi connectivity index (χ0) is 15.2. The molecular formula is C16H21ClN2O2. The summed E-state index contributed by atoms with van der Waals surface area (Å²) in [7, 11) is 3.54. The van der Waals surface area contributed by atoms with Crippen molar-refractivity contribution in [3.8, 4) is 5.75 Å². The van der Waals surface area contributed by atoms with Crippen LogP contribution in [0.5, 0.6) is 5.75 Å². The van der Waals surface area contributed by atoms with E-state index < -0.39 is 0 Å². The highest BCUT2D eigenvalue weighted by molar-refractivity contribution is 6.30. The van der Waals surface area contributed by atoms with Crippen LogP contribution in [0.15, 0.2) is 24.3 Å². The van der Waals surface area contributed by atoms with Crippen molar-refractivity contribution in [1.29, 1.82) is 0 Å². The summed E-state index contributed by atoms with van der Waals surface area (Å²) in [5.41, 5.74) is 0.810. The van der Waals surface area contributed by atoms with Crippen LogP contribution in [0.2, 0.25) is 5.02 Å². The summed E-state index contributed by atoms with van der Waals surface area (Å²) in [4.78, 5) is 14.1. The van der Waals surface area contributed by atoms with Crippen molar-refractivity contribution in [2.45, 2.75) is 6.42 Å². The number of carbonyl (C=O) groups excluding carboxylic acids is 1. The molecule has 1 heterocycles. The van der Waals surface area contributed by atoms with Crippen LogP contribution in [0.4, 0.5) is 0 Å². The number of nitrogens with zero attached hydrogens (tertiary/aromatic N) is 1. The van der Waals surface area contributed by atoms with E-state index in [1.54, 1.807) is 37.5 Å². The smallest absolute Gasteiger partial charge is 0.246 e. The molecule has 2 rings (SSSR count). The van der Waals surface area contributed by atoms with Gasteiger partial charge in [0.15, 0.2) is 0 Å². The van der Waals surface area contributed by atoms with E-state index in [4.69, 9.17) is 16.3 Å². The maximum atomic E-state index is 12.2. The van der Waals surface area contributed by atoms with E-state index in [1.807, 2.05) is 11.9 Å². The van der Waals surface area contributed by atoms with Crippen LogP contribution >= 0.6 is 11.6 Å². The van der Waals surface area contributed by atoms with Gasteiger partial charge in [0.25, 0.3) is 0 Å². The molecule has 0 bridgehead atoms. The number of hydrogen-bond donors (Lipinski definition) is 1. The molecule has 1 saturated heterocycles. The predicted octanol–water partition coefficient (Wildman–Crippen LogP) is 2.43. The number of halogens is 1. The molecule has 0 aromatic heterocycles. The molecule has 1 aliphatic heterocycles. The topological polar surface area (TPSA) is 41.6 Å². The Morgan fingerprint density at radius 1 is 1.57 bits per heavy atom. The van der Waals surface area contributed by atoms with Gasteiger partial charge in [-0.2, -0.15) is 0 Å². The maximum absolute atomic E-state index is 12.2. The standard InChI is InChI=1S/C16H21ClN2O2/c1-18-10-12-7-8-19(11-12)16(20)6-3-13-9-14(17)4-5-15(13)21-2/h3-6,9,12,18H,7-8,10-11H2,1-2H3/b6-3+. The molecule has 5 heteroatoms. The summed E-state index contributed by atoms with van der Waals surface area (Å²) in [6.07, 6.45) is 4.41. The van der Waals surface area contributed by atoms with Crippen molar-refractivity contribution in [2.75, 3.05) is 33.8 Å². The molecule has 1 aromatic rings. The molecule has 0 aliphatic carbocycles. The van der Waals surface area contributed by atoms with Crippen LogP contribution in [-0.4, -0.2) is 44.6 Å². The predicted molar refractivity (Wildman–Crippen MR) is 85.7 cm³/mol. The lowest BCUT2D eigenvalue weighted by molar-refractivity contribution is -0.125. The van der Waals surface area contributed by atoms with Gasteiger partial charge >= 0.3 is 0 Å². The molecule has 4 nitrogen and oxygen atoms in total. The first-order chi connectivity index (χ1) is 10.1. The summed E-state index contributed by atoms with van der Waals surface area (Å²) >= 11 is 5.98. The van der Waals surface area contributed by atoms with E-state index in [-0.39, 0.29) is 5.91 Å². The number of methoxy groups -OCH3 is 1. The van der Waals surface area contributed by atoms with E-state index in [1.165, 1.54) is 0 Å². The minimum Gasteiger partial charge on any atom is -0.496 e. The van der Waals surface area contributed by atoms with Gasteiger partial charge in [0.1, 0.15) is 5.75 Å². The first-order valence-corrected chi connectivity index (χ1v) is 7.47. The summed E-state index contributed by atoms with van der Waals surface area (Å²) in [6, 6.07) is 5.35. The summed E-state index contributed by atoms with van der Waals surface area (Å²) in [6.45, 7) is 2.59. The monoisotopic (exact) mass is 308 g/mol. The lowest BCUT2D eigenvalue weighted by Crippen LogP contribution is -2.28. The van der Waals surface area contributed by atoms with Gasteiger partial charge in [0.2, 0.25) is 5.91 Å². The van der Waals surface area contributed by atoms with Crippen LogP contribution in [0.3, 0.4) is 0 Å². The maximum Gasteiger partial charge on any atom is 0.246 e. The van der Waals surface area contributed by atoms with Crippen LogP contribution in [0.25, 0.3) is 6.08 Å². The largest absolute Gasteiger partial charge is 0.496 e. The molecule has 1 unspecified atom stereocenters. The van der Waals surface area contributed by atoms with E-state index >= 15 is 0 Å². The van der Waals surface area contributed by atoms with Gasteiger partial charge in [-0.1, -0.05) is 11.6 Å². The zero-order valence-corrected chi connectivity index (χ0v) is 13.2. The van der Waals surface area contributed by atoms with Crippen molar-refractivity contribution < 1.29 is 9.53 Å². The normalized spacial score (nSPS) is 18.4. The Hall–Kier alpha value is -1.52. The molecule has 1 atom stereocenters. The molecule has 1 N–H and O–H groups in total. The average Bonchev–Trinajstić information content (AvgIpc) is 2.94. The third kappa shape index (κ3) is 4.22. The highest BCUT2D eigenvalue weighted by Gasteiger charge is 2.24. The Labute approximate surface area is 130 Å². The van der Waals surface area contributed by atoms with Gasteiger partial charge in [-0.15, -0.1) is 0 Å².